The molecule has 3 rings (SSSR count). The summed E-state index contributed by atoms with van der Waals surface area (Å²) in [6, 6.07) is 5.89. The maximum absolute atomic E-state index is 13.6. The van der Waals surface area contributed by atoms with E-state index in [0.717, 1.165) is 17.0 Å². The number of halogens is 1. The van der Waals surface area contributed by atoms with E-state index in [1.165, 1.54) is 24.5 Å². The number of benzene rings is 1. The average molecular weight is 338 g/mol. The highest BCUT2D eigenvalue weighted by Gasteiger charge is 2.14. The number of hydrogen-bond donors (Lipinski definition) is 1. The van der Waals surface area contributed by atoms with E-state index < -0.39 is 5.82 Å². The Bertz CT molecular complexity index is 1000. The first-order valence-corrected chi connectivity index (χ1v) is 7.65. The number of nitrogens with one attached hydrogen (secondary N) is 1. The first-order chi connectivity index (χ1) is 12.0. The van der Waals surface area contributed by atoms with Crippen molar-refractivity contribution in [3.05, 3.63) is 52.9 Å². The number of nitriles is 1. The maximum Gasteiger partial charge on any atom is 0.252 e. The summed E-state index contributed by atoms with van der Waals surface area (Å²) in [5.74, 6) is -0.450. The summed E-state index contributed by atoms with van der Waals surface area (Å²) in [7, 11) is 0. The van der Waals surface area contributed by atoms with Crippen LogP contribution >= 0.6 is 0 Å². The zero-order valence-corrected chi connectivity index (χ0v) is 13.7. The molecule has 0 saturated carbocycles. The molecule has 126 valence electrons. The number of rotatable bonds is 4. The molecule has 0 spiro atoms. The molecule has 3 aromatic rings. The first-order valence-electron chi connectivity index (χ1n) is 7.65. The lowest BCUT2D eigenvalue weighted by Crippen LogP contribution is -2.15. The number of hydrogen-bond acceptors (Lipinski definition) is 5. The second-order valence-electron chi connectivity index (χ2n) is 5.56. The lowest BCUT2D eigenvalue weighted by atomic mass is 10.1. The zero-order valence-electron chi connectivity index (χ0n) is 13.7. The van der Waals surface area contributed by atoms with Gasteiger partial charge in [-0.3, -0.25) is 4.79 Å². The molecule has 2 heterocycles. The Hall–Kier alpha value is -3.34. The number of aromatic nitrogens is 4. The predicted octanol–water partition coefficient (Wildman–Crippen LogP) is 2.32. The Labute approximate surface area is 143 Å². The number of carbonyl (C=O) groups is 1. The second-order valence-corrected chi connectivity index (χ2v) is 5.56. The molecule has 1 aromatic carbocycles. The minimum absolute atomic E-state index is 0.172. The topological polar surface area (TPSA) is 96.0 Å². The normalized spacial score (nSPS) is 10.6. The van der Waals surface area contributed by atoms with E-state index in [0.29, 0.717) is 12.2 Å². The summed E-state index contributed by atoms with van der Waals surface area (Å²) in [5.41, 5.74) is 2.57. The summed E-state index contributed by atoms with van der Waals surface area (Å²) >= 11 is 0. The predicted molar refractivity (Wildman–Crippen MR) is 88.3 cm³/mol. The van der Waals surface area contributed by atoms with Crippen LogP contribution in [-0.2, 0) is 11.2 Å². The second kappa shape index (κ2) is 6.65. The molecular formula is C17H15FN6O. The molecule has 0 aliphatic rings. The van der Waals surface area contributed by atoms with Gasteiger partial charge in [-0.1, -0.05) is 6.07 Å². The highest BCUT2D eigenvalue weighted by atomic mass is 19.1. The summed E-state index contributed by atoms with van der Waals surface area (Å²) in [6.07, 6.45) is 2.05. The molecule has 2 aromatic heterocycles. The van der Waals surface area contributed by atoms with Crippen molar-refractivity contribution in [2.75, 3.05) is 5.32 Å². The van der Waals surface area contributed by atoms with Crippen LogP contribution in [0.1, 0.15) is 28.9 Å². The van der Waals surface area contributed by atoms with Gasteiger partial charge in [-0.15, -0.1) is 0 Å². The van der Waals surface area contributed by atoms with E-state index in [4.69, 9.17) is 5.26 Å². The van der Waals surface area contributed by atoms with Crippen LogP contribution in [0.3, 0.4) is 0 Å². The van der Waals surface area contributed by atoms with Crippen molar-refractivity contribution in [2.45, 2.75) is 26.7 Å². The number of fused-ring (bicyclic) bond motifs is 1. The summed E-state index contributed by atoms with van der Waals surface area (Å²) in [4.78, 5) is 20.6. The number of carbonyl (C=O) groups excluding carboxylic acids is 1. The molecule has 0 atom stereocenters. The van der Waals surface area contributed by atoms with Crippen LogP contribution in [0.2, 0.25) is 0 Å². The van der Waals surface area contributed by atoms with Gasteiger partial charge >= 0.3 is 0 Å². The molecule has 1 N–H and O–H groups in total. The minimum atomic E-state index is -0.659. The highest BCUT2D eigenvalue weighted by molar-refractivity contribution is 5.92. The summed E-state index contributed by atoms with van der Waals surface area (Å²) in [6.45, 7) is 3.75. The Morgan fingerprint density at radius 3 is 2.96 bits per heavy atom. The van der Waals surface area contributed by atoms with Crippen molar-refractivity contribution in [3.8, 4) is 6.07 Å². The molecule has 0 aliphatic heterocycles. The van der Waals surface area contributed by atoms with Gasteiger partial charge in [0.1, 0.15) is 23.8 Å². The zero-order chi connectivity index (χ0) is 18.0. The molecule has 7 nitrogen and oxygen atoms in total. The van der Waals surface area contributed by atoms with E-state index in [2.05, 4.69) is 20.4 Å². The molecule has 0 bridgehead atoms. The number of nitrogens with zero attached hydrogens (tertiary/aromatic N) is 5. The fraction of sp³-hybridized carbons (Fsp3) is 0.235. The summed E-state index contributed by atoms with van der Waals surface area (Å²) < 4.78 is 15.2. The van der Waals surface area contributed by atoms with Crippen LogP contribution in [-0.4, -0.2) is 25.5 Å². The van der Waals surface area contributed by atoms with E-state index >= 15 is 0 Å². The van der Waals surface area contributed by atoms with Gasteiger partial charge in [-0.2, -0.15) is 15.3 Å². The maximum atomic E-state index is 13.6. The van der Waals surface area contributed by atoms with E-state index in [1.807, 2.05) is 13.8 Å². The smallest absolute Gasteiger partial charge is 0.252 e. The monoisotopic (exact) mass is 338 g/mol. The molecule has 1 amide bonds. The Morgan fingerprint density at radius 1 is 1.40 bits per heavy atom. The van der Waals surface area contributed by atoms with E-state index in [9.17, 15) is 9.18 Å². The molecule has 8 heteroatoms. The molecule has 0 fully saturated rings. The lowest BCUT2D eigenvalue weighted by molar-refractivity contribution is -0.116. The van der Waals surface area contributed by atoms with Crippen LogP contribution in [0.15, 0.2) is 24.5 Å². The number of aryl methyl sites for hydroxylation is 2. The van der Waals surface area contributed by atoms with Gasteiger partial charge in [0.25, 0.3) is 5.78 Å². The van der Waals surface area contributed by atoms with Crippen molar-refractivity contribution in [2.24, 2.45) is 0 Å². The third kappa shape index (κ3) is 3.17. The van der Waals surface area contributed by atoms with E-state index in [-0.39, 0.29) is 23.6 Å². The van der Waals surface area contributed by atoms with Crippen LogP contribution in [0.4, 0.5) is 10.1 Å². The lowest BCUT2D eigenvalue weighted by Gasteiger charge is -2.11. The standard InChI is InChI=1S/C17H15FN6O/c1-10-12(11(2)24-17(22-10)20-9-21-24)6-7-16(25)23-15-5-3-4-14(18)13(15)8-19/h3-5,9H,6-7H2,1-2H3,(H,23,25). The van der Waals surface area contributed by atoms with Crippen molar-refractivity contribution < 1.29 is 9.18 Å². The minimum Gasteiger partial charge on any atom is -0.325 e. The quantitative estimate of drug-likeness (QED) is 0.787. The number of amides is 1. The van der Waals surface area contributed by atoms with Gasteiger partial charge in [0.15, 0.2) is 0 Å². The number of anilines is 1. The molecular weight excluding hydrogens is 323 g/mol. The van der Waals surface area contributed by atoms with Gasteiger partial charge in [-0.25, -0.2) is 13.9 Å². The Morgan fingerprint density at radius 2 is 2.20 bits per heavy atom. The van der Waals surface area contributed by atoms with Crippen LogP contribution in [0, 0.1) is 31.0 Å². The first kappa shape index (κ1) is 16.5. The van der Waals surface area contributed by atoms with Crippen molar-refractivity contribution >= 4 is 17.4 Å². The Kier molecular flexibility index (Phi) is 4.39. The van der Waals surface area contributed by atoms with Gasteiger partial charge in [0.2, 0.25) is 5.91 Å². The molecule has 0 radical (unpaired) electrons. The van der Waals surface area contributed by atoms with Gasteiger partial charge in [0.05, 0.1) is 5.69 Å². The van der Waals surface area contributed by atoms with Crippen LogP contribution in [0.5, 0.6) is 0 Å². The molecule has 0 unspecified atom stereocenters. The SMILES string of the molecule is Cc1nc2ncnn2c(C)c1CCC(=O)Nc1cccc(F)c1C#N. The fourth-order valence-electron chi connectivity index (χ4n) is 2.71. The van der Waals surface area contributed by atoms with Gasteiger partial charge < -0.3 is 5.32 Å². The molecule has 25 heavy (non-hydrogen) atoms. The molecule has 0 saturated heterocycles. The average Bonchev–Trinajstić information content (AvgIpc) is 3.03. The van der Waals surface area contributed by atoms with Crippen molar-refractivity contribution in [1.82, 2.24) is 19.6 Å². The summed E-state index contributed by atoms with van der Waals surface area (Å²) in [5, 5.41) is 15.7. The Balaban J connectivity index is 1.75. The van der Waals surface area contributed by atoms with Crippen LogP contribution < -0.4 is 5.32 Å². The van der Waals surface area contributed by atoms with Gasteiger partial charge in [-0.05, 0) is 38.0 Å². The van der Waals surface area contributed by atoms with E-state index in [1.54, 1.807) is 10.6 Å². The highest BCUT2D eigenvalue weighted by Crippen LogP contribution is 2.19. The van der Waals surface area contributed by atoms with Crippen molar-refractivity contribution in [3.63, 3.8) is 0 Å². The van der Waals surface area contributed by atoms with Crippen molar-refractivity contribution in [1.29, 1.82) is 5.26 Å². The third-order valence-corrected chi connectivity index (χ3v) is 3.99. The fourth-order valence-corrected chi connectivity index (χ4v) is 2.71. The van der Waals surface area contributed by atoms with Crippen LogP contribution in [0.25, 0.3) is 5.78 Å². The molecule has 0 aliphatic carbocycles. The van der Waals surface area contributed by atoms with Gasteiger partial charge in [0, 0.05) is 17.8 Å². The third-order valence-electron chi connectivity index (χ3n) is 3.99. The largest absolute Gasteiger partial charge is 0.325 e.